The van der Waals surface area contributed by atoms with Crippen LogP contribution in [0.25, 0.3) is 0 Å². The molecule has 0 amide bonds. The molecule has 2 rings (SSSR count). The quantitative estimate of drug-likeness (QED) is 0.345. The zero-order valence-corrected chi connectivity index (χ0v) is 20.4. The Kier molecular flexibility index (Phi) is 8.09. The second kappa shape index (κ2) is 9.57. The molecule has 1 heterocycles. The summed E-state index contributed by atoms with van der Waals surface area (Å²) < 4.78 is 35.9. The van der Waals surface area contributed by atoms with Crippen LogP contribution >= 0.6 is 0 Å². The fraction of sp³-hybridized carbons (Fsp3) is 0.714. The number of unbranched alkanes of at least 4 members (excludes halogenated alkanes) is 1. The summed E-state index contributed by atoms with van der Waals surface area (Å²) in [6.45, 7) is 13.7. The molecule has 1 saturated heterocycles. The molecule has 1 aromatic rings. The van der Waals surface area contributed by atoms with E-state index in [2.05, 4.69) is 39.2 Å². The Morgan fingerprint density at radius 2 is 1.79 bits per heavy atom. The molecular formula is C21H37NO5SSi. The van der Waals surface area contributed by atoms with Gasteiger partial charge in [-0.25, -0.2) is 0 Å². The third-order valence-corrected chi connectivity index (χ3v) is 11.9. The number of benzene rings is 1. The van der Waals surface area contributed by atoms with Gasteiger partial charge in [0.15, 0.2) is 8.32 Å². The predicted octanol–water partition coefficient (Wildman–Crippen LogP) is 3.59. The minimum atomic E-state index is -3.71. The van der Waals surface area contributed by atoms with E-state index in [0.717, 1.165) is 18.4 Å². The summed E-state index contributed by atoms with van der Waals surface area (Å²) in [5, 5.41) is 14.1. The highest BCUT2D eigenvalue weighted by molar-refractivity contribution is 7.86. The number of nitrogens with one attached hydrogen (secondary N) is 1. The van der Waals surface area contributed by atoms with Gasteiger partial charge in [-0.1, -0.05) is 38.5 Å². The maximum Gasteiger partial charge on any atom is 0.296 e. The van der Waals surface area contributed by atoms with Crippen LogP contribution in [0, 0.1) is 6.92 Å². The van der Waals surface area contributed by atoms with Gasteiger partial charge in [-0.15, -0.1) is 0 Å². The monoisotopic (exact) mass is 443 g/mol. The molecule has 1 fully saturated rings. The summed E-state index contributed by atoms with van der Waals surface area (Å²) in [7, 11) is -5.64. The van der Waals surface area contributed by atoms with Gasteiger partial charge in [0.2, 0.25) is 0 Å². The maximum atomic E-state index is 12.2. The van der Waals surface area contributed by atoms with Crippen molar-refractivity contribution < 1.29 is 22.1 Å². The van der Waals surface area contributed by atoms with Gasteiger partial charge in [0, 0.05) is 12.6 Å². The lowest BCUT2D eigenvalue weighted by molar-refractivity contribution is 0.0454. The summed E-state index contributed by atoms with van der Waals surface area (Å²) in [6.07, 6.45) is 1.42. The molecule has 0 unspecified atom stereocenters. The van der Waals surface area contributed by atoms with Crippen LogP contribution in [0.5, 0.6) is 0 Å². The molecular weight excluding hydrogens is 406 g/mol. The Bertz CT molecular complexity index is 758. The molecule has 1 aliphatic heterocycles. The lowest BCUT2D eigenvalue weighted by Crippen LogP contribution is -2.47. The smallest absolute Gasteiger partial charge is 0.296 e. The normalized spacial score (nSPS) is 23.5. The zero-order valence-electron chi connectivity index (χ0n) is 18.6. The molecule has 1 aromatic carbocycles. The predicted molar refractivity (Wildman–Crippen MR) is 118 cm³/mol. The minimum Gasteiger partial charge on any atom is -0.410 e. The van der Waals surface area contributed by atoms with Crippen LogP contribution < -0.4 is 5.32 Å². The standard InChI is InChI=1S/C21H37NO5SSi/c1-16-10-12-17(13-11-16)28(24,25)26-14-8-7-9-18-20(23)19(15-22-18)27-29(5,6)21(2,3)4/h10-13,18-20,22-23H,7-9,14-15H2,1-6H3/t18-,19-,20+/m0/s1. The Morgan fingerprint density at radius 1 is 1.17 bits per heavy atom. The molecule has 0 saturated carbocycles. The molecule has 3 atom stereocenters. The Labute approximate surface area is 177 Å². The van der Waals surface area contributed by atoms with Gasteiger partial charge in [0.1, 0.15) is 0 Å². The van der Waals surface area contributed by atoms with Crippen molar-refractivity contribution in [1.82, 2.24) is 5.32 Å². The van der Waals surface area contributed by atoms with Crippen molar-refractivity contribution in [2.45, 2.75) is 88.2 Å². The molecule has 8 heteroatoms. The summed E-state index contributed by atoms with van der Waals surface area (Å²) in [4.78, 5) is 0.182. The Balaban J connectivity index is 1.74. The fourth-order valence-corrected chi connectivity index (χ4v) is 5.39. The van der Waals surface area contributed by atoms with Crippen LogP contribution in [0.4, 0.5) is 0 Å². The van der Waals surface area contributed by atoms with Crippen LogP contribution in [-0.4, -0.2) is 53.2 Å². The summed E-state index contributed by atoms with van der Waals surface area (Å²) in [6, 6.07) is 6.61. The van der Waals surface area contributed by atoms with Crippen molar-refractivity contribution in [1.29, 1.82) is 0 Å². The third kappa shape index (κ3) is 6.60. The number of hydrogen-bond donors (Lipinski definition) is 2. The lowest BCUT2D eigenvalue weighted by Gasteiger charge is -2.39. The van der Waals surface area contributed by atoms with Crippen LogP contribution in [0.2, 0.25) is 18.1 Å². The number of aryl methyl sites for hydroxylation is 1. The average molecular weight is 444 g/mol. The zero-order chi connectivity index (χ0) is 21.9. The van der Waals surface area contributed by atoms with E-state index in [9.17, 15) is 13.5 Å². The van der Waals surface area contributed by atoms with Gasteiger partial charge in [-0.3, -0.25) is 4.18 Å². The van der Waals surface area contributed by atoms with Crippen molar-refractivity contribution in [2.75, 3.05) is 13.2 Å². The first-order chi connectivity index (χ1) is 13.3. The molecule has 166 valence electrons. The topological polar surface area (TPSA) is 84.9 Å². The molecule has 0 aromatic heterocycles. The highest BCUT2D eigenvalue weighted by Gasteiger charge is 2.43. The number of aliphatic hydroxyl groups is 1. The van der Waals surface area contributed by atoms with Crippen LogP contribution in [0.1, 0.15) is 45.6 Å². The van der Waals surface area contributed by atoms with Gasteiger partial charge < -0.3 is 14.8 Å². The maximum absolute atomic E-state index is 12.2. The number of aliphatic hydroxyl groups excluding tert-OH is 1. The van der Waals surface area contributed by atoms with Crippen molar-refractivity contribution in [3.63, 3.8) is 0 Å². The van der Waals surface area contributed by atoms with Crippen LogP contribution in [-0.2, 0) is 18.7 Å². The van der Waals surface area contributed by atoms with Gasteiger partial charge in [-0.2, -0.15) is 8.42 Å². The molecule has 0 radical (unpaired) electrons. The third-order valence-electron chi connectivity index (χ3n) is 6.08. The second-order valence-corrected chi connectivity index (χ2v) is 15.9. The van der Waals surface area contributed by atoms with E-state index >= 15 is 0 Å². The van der Waals surface area contributed by atoms with Crippen LogP contribution in [0.15, 0.2) is 29.2 Å². The van der Waals surface area contributed by atoms with Crippen molar-refractivity contribution in [3.05, 3.63) is 29.8 Å². The molecule has 0 bridgehead atoms. The van der Waals surface area contributed by atoms with E-state index in [1.165, 1.54) is 0 Å². The molecule has 6 nitrogen and oxygen atoms in total. The molecule has 0 aliphatic carbocycles. The summed E-state index contributed by atoms with van der Waals surface area (Å²) in [5.41, 5.74) is 1.00. The van der Waals surface area contributed by atoms with Gasteiger partial charge >= 0.3 is 0 Å². The minimum absolute atomic E-state index is 0.0292. The number of rotatable bonds is 9. The van der Waals surface area contributed by atoms with Crippen LogP contribution in [0.3, 0.4) is 0 Å². The van der Waals surface area contributed by atoms with Gasteiger partial charge in [0.25, 0.3) is 10.1 Å². The average Bonchev–Trinajstić information content (AvgIpc) is 2.93. The summed E-state index contributed by atoms with van der Waals surface area (Å²) >= 11 is 0. The van der Waals surface area contributed by atoms with E-state index in [4.69, 9.17) is 8.61 Å². The van der Waals surface area contributed by atoms with Gasteiger partial charge in [0.05, 0.1) is 23.7 Å². The fourth-order valence-electron chi connectivity index (χ4n) is 3.12. The van der Waals surface area contributed by atoms with Crippen molar-refractivity contribution >= 4 is 18.4 Å². The van der Waals surface area contributed by atoms with Crippen molar-refractivity contribution in [2.24, 2.45) is 0 Å². The van der Waals surface area contributed by atoms with E-state index < -0.39 is 24.5 Å². The van der Waals surface area contributed by atoms with Crippen molar-refractivity contribution in [3.8, 4) is 0 Å². The Morgan fingerprint density at radius 3 is 2.38 bits per heavy atom. The molecule has 2 N–H and O–H groups in total. The van der Waals surface area contributed by atoms with E-state index in [1.54, 1.807) is 24.3 Å². The van der Waals surface area contributed by atoms with E-state index in [0.29, 0.717) is 13.0 Å². The lowest BCUT2D eigenvalue weighted by atomic mass is 10.0. The highest BCUT2D eigenvalue weighted by Crippen LogP contribution is 2.38. The van der Waals surface area contributed by atoms with E-state index in [1.807, 2.05) is 6.92 Å². The molecule has 0 spiro atoms. The Hall–Kier alpha value is -0.773. The second-order valence-electron chi connectivity index (χ2n) is 9.51. The highest BCUT2D eigenvalue weighted by atomic mass is 32.2. The number of hydrogen-bond acceptors (Lipinski definition) is 6. The SMILES string of the molecule is Cc1ccc(S(=O)(=O)OCCCC[C@@H]2NC[C@H](O[Si](C)(C)C(C)(C)C)[C@@H]2O)cc1. The molecule has 1 aliphatic rings. The largest absolute Gasteiger partial charge is 0.410 e. The van der Waals surface area contributed by atoms with E-state index in [-0.39, 0.29) is 28.7 Å². The summed E-state index contributed by atoms with van der Waals surface area (Å²) in [5.74, 6) is 0. The first kappa shape index (κ1) is 24.5. The van der Waals surface area contributed by atoms with Gasteiger partial charge in [-0.05, 0) is 56.5 Å². The first-order valence-corrected chi connectivity index (χ1v) is 14.7. The molecule has 29 heavy (non-hydrogen) atoms. The first-order valence-electron chi connectivity index (χ1n) is 10.4.